The summed E-state index contributed by atoms with van der Waals surface area (Å²) in [5.74, 6) is -14.4. The Morgan fingerprint density at radius 3 is 1.72 bits per heavy atom. The highest BCUT2D eigenvalue weighted by Crippen LogP contribution is 2.21. The predicted octanol–water partition coefficient (Wildman–Crippen LogP) is -6.61. The quantitative estimate of drug-likeness (QED) is 0.0126. The van der Waals surface area contributed by atoms with E-state index < -0.39 is 194 Å². The standard InChI is InChI=1S/C55H89N15O18S2/c1-27(2)41(68-48(81)35(24-71)64-49(82)37(26-89)66-44(77)31(56)14-10-19-59-55(57)58)51(84)60-23-39(74)67-42(28(3)4)53(86)70-20-11-15-38(70)50(83)63-34(22-30-12-8-7-9-13-30)47(80)69-43(29(5)73)52(85)62-33(18-21-90-6)46(79)61-32(16-17-40(75)76)45(78)65-36(25-72)54(87)88/h7-9,12-13,27-29,31-38,41-43,71-73,89H,10-11,14-26,56H2,1-6H3,(H,60,84)(H,61,79)(H,62,85)(H,63,83)(H,64,82)(H,65,78)(H,66,77)(H,67,74)(H,68,81)(H,69,80)(H,75,76)(H,87,88)(H4,57,58,59)/t29-,31+,32+,33+,34+,35+,36+,37+,38+,41+,42+,43+/m1/s1. The van der Waals surface area contributed by atoms with Crippen LogP contribution in [-0.2, 0) is 68.7 Å². The topological polar surface area (TPSA) is 537 Å². The number of hydrogen-bond acceptors (Lipinski definition) is 20. The predicted molar refractivity (Wildman–Crippen MR) is 330 cm³/mol. The molecule has 0 bridgehead atoms. The highest BCUT2D eigenvalue weighted by Gasteiger charge is 2.41. The van der Waals surface area contributed by atoms with Gasteiger partial charge in [0.1, 0.15) is 60.4 Å². The number of carbonyl (C=O) groups excluding carboxylic acids is 11. The second kappa shape index (κ2) is 40.0. The normalized spacial score (nSPS) is 16.5. The van der Waals surface area contributed by atoms with Crippen molar-refractivity contribution in [2.24, 2.45) is 34.0 Å². The summed E-state index contributed by atoms with van der Waals surface area (Å²) in [6.07, 6.45) is -0.501. The largest absolute Gasteiger partial charge is 0.481 e. The van der Waals surface area contributed by atoms with E-state index in [-0.39, 0.29) is 56.2 Å². The van der Waals surface area contributed by atoms with Crippen LogP contribution in [0.4, 0.5) is 0 Å². The average molecular weight is 1310 g/mol. The van der Waals surface area contributed by atoms with Crippen LogP contribution >= 0.6 is 24.4 Å². The number of aliphatic hydroxyl groups is 3. The van der Waals surface area contributed by atoms with E-state index in [1.54, 1.807) is 64.3 Å². The third-order valence-corrected chi connectivity index (χ3v) is 15.0. The average Bonchev–Trinajstić information content (AvgIpc) is 2.53. The number of thioether (sulfide) groups is 1. The molecule has 0 unspecified atom stereocenters. The SMILES string of the molecule is CSCC[C@H](NC(=O)[C@@H](NC(=O)[C@H](Cc1ccccc1)NC(=O)[C@@H]1CCCN1C(=O)[C@@H](NC(=O)CNC(=O)[C@@H](NC(=O)[C@H](CO)NC(=O)[C@H](CS)NC(=O)[C@@H](N)CCCN=C(N)N)C(C)C)C(C)C)[C@@H](C)O)C(=O)N[C@@H](CCC(=O)O)C(=O)N[C@@H](CO)C(=O)O. The van der Waals surface area contributed by atoms with E-state index in [1.807, 2.05) is 5.32 Å². The second-order valence-electron chi connectivity index (χ2n) is 21.9. The third kappa shape index (κ3) is 26.7. The van der Waals surface area contributed by atoms with Gasteiger partial charge in [0, 0.05) is 31.7 Å². The molecule has 0 aromatic heterocycles. The maximum absolute atomic E-state index is 14.4. The van der Waals surface area contributed by atoms with Crippen LogP contribution in [-0.4, -0.2) is 236 Å². The minimum Gasteiger partial charge on any atom is -0.481 e. The molecule has 1 aliphatic heterocycles. The second-order valence-corrected chi connectivity index (χ2v) is 23.2. The highest BCUT2D eigenvalue weighted by atomic mass is 32.2. The minimum atomic E-state index is -1.80. The van der Waals surface area contributed by atoms with Gasteiger partial charge in [-0.3, -0.25) is 62.5 Å². The Morgan fingerprint density at radius 2 is 1.18 bits per heavy atom. The molecule has 0 saturated carbocycles. The number of aliphatic imine (C=N–C) groups is 1. The Labute approximate surface area is 530 Å². The van der Waals surface area contributed by atoms with Crippen LogP contribution in [0.5, 0.6) is 0 Å². The van der Waals surface area contributed by atoms with Crippen molar-refractivity contribution in [2.45, 2.75) is 159 Å². The molecule has 11 amide bonds. The van der Waals surface area contributed by atoms with Crippen molar-refractivity contribution in [3.8, 4) is 0 Å². The number of benzene rings is 1. The monoisotopic (exact) mass is 1310 g/mol. The van der Waals surface area contributed by atoms with Crippen molar-refractivity contribution >= 4 is 107 Å². The molecule has 21 N–H and O–H groups in total. The van der Waals surface area contributed by atoms with Gasteiger partial charge in [-0.25, -0.2) is 4.79 Å². The third-order valence-electron chi connectivity index (χ3n) is 14.0. The molecule has 1 fully saturated rings. The van der Waals surface area contributed by atoms with Gasteiger partial charge in [-0.15, -0.1) is 0 Å². The number of nitrogens with one attached hydrogen (secondary N) is 10. The maximum atomic E-state index is 14.4. The smallest absolute Gasteiger partial charge is 0.328 e. The molecule has 1 saturated heterocycles. The Bertz CT molecular complexity index is 2660. The first-order valence-electron chi connectivity index (χ1n) is 29.0. The van der Waals surface area contributed by atoms with Crippen molar-refractivity contribution in [2.75, 3.05) is 50.6 Å². The molecule has 1 aromatic carbocycles. The van der Waals surface area contributed by atoms with Gasteiger partial charge in [-0.1, -0.05) is 58.0 Å². The van der Waals surface area contributed by atoms with Crippen molar-refractivity contribution < 1.29 is 87.9 Å². The zero-order valence-corrected chi connectivity index (χ0v) is 52.8. The van der Waals surface area contributed by atoms with Crippen molar-refractivity contribution in [1.29, 1.82) is 0 Å². The molecule has 0 radical (unpaired) electrons. The van der Waals surface area contributed by atoms with Crippen LogP contribution in [0.3, 0.4) is 0 Å². The Kier molecular flexibility index (Phi) is 34.8. The fraction of sp³-hybridized carbons (Fsp3) is 0.636. The molecule has 0 spiro atoms. The lowest BCUT2D eigenvalue weighted by molar-refractivity contribution is -0.144. The summed E-state index contributed by atoms with van der Waals surface area (Å²) in [6.45, 7) is 5.12. The zero-order chi connectivity index (χ0) is 67.9. The van der Waals surface area contributed by atoms with Crippen LogP contribution in [0.15, 0.2) is 35.3 Å². The Balaban J connectivity index is 2.25. The number of amides is 11. The van der Waals surface area contributed by atoms with E-state index in [4.69, 9.17) is 17.2 Å². The van der Waals surface area contributed by atoms with Crippen LogP contribution < -0.4 is 70.4 Å². The van der Waals surface area contributed by atoms with E-state index in [2.05, 4.69) is 65.5 Å². The summed E-state index contributed by atoms with van der Waals surface area (Å²) < 4.78 is 0. The van der Waals surface area contributed by atoms with E-state index in [0.29, 0.717) is 18.4 Å². The van der Waals surface area contributed by atoms with E-state index in [9.17, 15) is 87.9 Å². The zero-order valence-electron chi connectivity index (χ0n) is 51.1. The number of hydrogen-bond donors (Lipinski definition) is 19. The first-order chi connectivity index (χ1) is 42.4. The van der Waals surface area contributed by atoms with Crippen LogP contribution in [0.25, 0.3) is 0 Å². The number of guanidine groups is 1. The molecule has 504 valence electrons. The summed E-state index contributed by atoms with van der Waals surface area (Å²) in [7, 11) is 0. The number of carboxylic acid groups (broad SMARTS) is 2. The van der Waals surface area contributed by atoms with Gasteiger partial charge >= 0.3 is 11.9 Å². The summed E-state index contributed by atoms with van der Waals surface area (Å²) >= 11 is 5.37. The maximum Gasteiger partial charge on any atom is 0.328 e. The van der Waals surface area contributed by atoms with Gasteiger partial charge in [-0.05, 0) is 74.9 Å². The molecular formula is C55H89N15O18S2. The molecule has 35 heteroatoms. The molecular weight excluding hydrogens is 1220 g/mol. The highest BCUT2D eigenvalue weighted by molar-refractivity contribution is 7.98. The summed E-state index contributed by atoms with van der Waals surface area (Å²) in [6, 6.07) is -7.64. The molecule has 90 heavy (non-hydrogen) atoms. The molecule has 1 heterocycles. The molecule has 1 aromatic rings. The number of likely N-dealkylation sites (tertiary alicyclic amines) is 1. The summed E-state index contributed by atoms with van der Waals surface area (Å²) in [5, 5.41) is 73.2. The van der Waals surface area contributed by atoms with Gasteiger partial charge in [0.05, 0.1) is 31.9 Å². The van der Waals surface area contributed by atoms with Crippen molar-refractivity contribution in [1.82, 2.24) is 58.1 Å². The van der Waals surface area contributed by atoms with Crippen molar-refractivity contribution in [3.05, 3.63) is 35.9 Å². The van der Waals surface area contributed by atoms with Crippen LogP contribution in [0.1, 0.15) is 85.1 Å². The molecule has 0 aliphatic carbocycles. The van der Waals surface area contributed by atoms with Crippen LogP contribution in [0.2, 0.25) is 0 Å². The fourth-order valence-corrected chi connectivity index (χ4v) is 9.62. The molecule has 2 rings (SSSR count). The van der Waals surface area contributed by atoms with E-state index >= 15 is 0 Å². The lowest BCUT2D eigenvalue weighted by Gasteiger charge is -2.32. The number of nitrogens with two attached hydrogens (primary N) is 3. The lowest BCUT2D eigenvalue weighted by Crippen LogP contribution is -2.62. The molecule has 33 nitrogen and oxygen atoms in total. The van der Waals surface area contributed by atoms with Gasteiger partial charge in [0.15, 0.2) is 5.96 Å². The number of nitrogens with zero attached hydrogens (tertiary/aromatic N) is 2. The number of rotatable bonds is 40. The Hall–Kier alpha value is -7.86. The van der Waals surface area contributed by atoms with Gasteiger partial charge < -0.3 is 101 Å². The fourth-order valence-electron chi connectivity index (χ4n) is 8.89. The summed E-state index contributed by atoms with van der Waals surface area (Å²) in [4.78, 5) is 178. The number of aliphatic carboxylic acids is 2. The summed E-state index contributed by atoms with van der Waals surface area (Å²) in [5.41, 5.74) is 17.1. The van der Waals surface area contributed by atoms with Gasteiger partial charge in [-0.2, -0.15) is 24.4 Å². The minimum absolute atomic E-state index is 0.0419. The van der Waals surface area contributed by atoms with Gasteiger partial charge in [0.2, 0.25) is 65.0 Å². The van der Waals surface area contributed by atoms with E-state index in [1.165, 1.54) is 16.7 Å². The lowest BCUT2D eigenvalue weighted by atomic mass is 10.0. The Morgan fingerprint density at radius 1 is 0.644 bits per heavy atom. The van der Waals surface area contributed by atoms with Crippen LogP contribution in [0, 0.1) is 11.8 Å². The number of carbonyl (C=O) groups is 13. The first-order valence-corrected chi connectivity index (χ1v) is 31.0. The van der Waals surface area contributed by atoms with Gasteiger partial charge in [0.25, 0.3) is 0 Å². The molecule has 1 aliphatic rings. The number of carboxylic acids is 2. The number of thiol groups is 1. The van der Waals surface area contributed by atoms with E-state index in [0.717, 1.165) is 6.92 Å². The molecule has 12 atom stereocenters. The number of aliphatic hydroxyl groups excluding tert-OH is 3. The first kappa shape index (κ1) is 78.2. The van der Waals surface area contributed by atoms with Crippen molar-refractivity contribution in [3.63, 3.8) is 0 Å².